The molecule has 184 valence electrons. The van der Waals surface area contributed by atoms with Gasteiger partial charge in [0.1, 0.15) is 6.61 Å². The molecule has 0 bridgehead atoms. The molecule has 1 unspecified atom stereocenters. The molecule has 2 fully saturated rings. The fourth-order valence-corrected chi connectivity index (χ4v) is 6.04. The molecule has 35 heavy (non-hydrogen) atoms. The molecule has 0 aromatic heterocycles. The second kappa shape index (κ2) is 9.36. The highest BCUT2D eigenvalue weighted by molar-refractivity contribution is 5.81. The normalized spacial score (nSPS) is 24.6. The summed E-state index contributed by atoms with van der Waals surface area (Å²) in [6.45, 7) is 2.68. The number of benzene rings is 2. The Morgan fingerprint density at radius 1 is 1.06 bits per heavy atom. The first-order chi connectivity index (χ1) is 16.9. The van der Waals surface area contributed by atoms with E-state index in [0.29, 0.717) is 25.8 Å². The van der Waals surface area contributed by atoms with E-state index in [1.54, 1.807) is 0 Å². The lowest BCUT2D eigenvalue weighted by molar-refractivity contribution is -0.143. The first-order valence-electron chi connectivity index (χ1n) is 12.5. The fraction of sp³-hybridized carbons (Fsp3) is 0.464. The third-order valence-corrected chi connectivity index (χ3v) is 7.99. The minimum Gasteiger partial charge on any atom is -0.481 e. The molecule has 2 amide bonds. The minimum atomic E-state index is -0.730. The number of carboxylic acids is 1. The van der Waals surface area contributed by atoms with Crippen LogP contribution in [0.2, 0.25) is 0 Å². The fourth-order valence-electron chi connectivity index (χ4n) is 6.04. The summed E-state index contributed by atoms with van der Waals surface area (Å²) >= 11 is 0. The lowest BCUT2D eigenvalue weighted by Crippen LogP contribution is -2.36. The van der Waals surface area contributed by atoms with Gasteiger partial charge in [-0.1, -0.05) is 55.5 Å². The maximum absolute atomic E-state index is 12.4. The van der Waals surface area contributed by atoms with Crippen molar-refractivity contribution in [2.45, 2.75) is 51.0 Å². The molecule has 7 heteroatoms. The number of amides is 2. The Balaban J connectivity index is 1.02. The predicted molar refractivity (Wildman–Crippen MR) is 131 cm³/mol. The number of rotatable bonds is 9. The quantitative estimate of drug-likeness (QED) is 0.500. The minimum absolute atomic E-state index is 0.0256. The number of nitrogens with one attached hydrogen (secondary N) is 2. The Morgan fingerprint density at radius 3 is 2.34 bits per heavy atom. The van der Waals surface area contributed by atoms with Crippen LogP contribution in [0.4, 0.5) is 4.79 Å². The van der Waals surface area contributed by atoms with Crippen molar-refractivity contribution in [3.8, 4) is 11.1 Å². The maximum Gasteiger partial charge on any atom is 0.407 e. The standard InChI is InChI=1S/C28H32N2O5/c1-17(12-25(31)30-19-13-18-14-28(18,15-19)26(32)33)10-11-29-27(34)35-16-24-22-8-4-2-6-20(22)21-7-3-5-9-23(21)24/h2-9,17-19,24H,10-16H2,1H3,(H,29,34)(H,30,31)(H,32,33)/t17?,18-,19+,28+/m0/s1. The molecule has 2 aromatic carbocycles. The molecule has 7 nitrogen and oxygen atoms in total. The third-order valence-electron chi connectivity index (χ3n) is 7.99. The summed E-state index contributed by atoms with van der Waals surface area (Å²) in [5.74, 6) is -0.451. The molecule has 0 aliphatic heterocycles. The lowest BCUT2D eigenvalue weighted by Gasteiger charge is -2.18. The highest BCUT2D eigenvalue weighted by atomic mass is 16.5. The van der Waals surface area contributed by atoms with Gasteiger partial charge in [-0.05, 0) is 59.8 Å². The summed E-state index contributed by atoms with van der Waals surface area (Å²) < 4.78 is 5.56. The SMILES string of the molecule is CC(CCNC(=O)OCC1c2ccccc2-c2ccccc21)CC(=O)N[C@@H]1C[C@H]2C[C@@]2(C(=O)O)C1. The van der Waals surface area contributed by atoms with Gasteiger partial charge in [-0.2, -0.15) is 0 Å². The van der Waals surface area contributed by atoms with Crippen LogP contribution in [-0.4, -0.2) is 42.3 Å². The first kappa shape index (κ1) is 23.4. The van der Waals surface area contributed by atoms with E-state index in [1.807, 2.05) is 31.2 Å². The second-order valence-electron chi connectivity index (χ2n) is 10.4. The number of carbonyl (C=O) groups excluding carboxylic acids is 2. The zero-order chi connectivity index (χ0) is 24.6. The molecule has 0 spiro atoms. The average molecular weight is 477 g/mol. The van der Waals surface area contributed by atoms with Gasteiger partial charge in [0.2, 0.25) is 5.91 Å². The van der Waals surface area contributed by atoms with Gasteiger partial charge in [0.25, 0.3) is 0 Å². The number of fused-ring (bicyclic) bond motifs is 4. The number of hydrogen-bond acceptors (Lipinski definition) is 4. The largest absolute Gasteiger partial charge is 0.481 e. The van der Waals surface area contributed by atoms with Crippen LogP contribution in [0.5, 0.6) is 0 Å². The number of aliphatic carboxylic acids is 1. The van der Waals surface area contributed by atoms with Crippen LogP contribution >= 0.6 is 0 Å². The van der Waals surface area contributed by atoms with Crippen molar-refractivity contribution in [1.29, 1.82) is 0 Å². The van der Waals surface area contributed by atoms with E-state index < -0.39 is 17.5 Å². The molecule has 0 radical (unpaired) electrons. The third kappa shape index (κ3) is 4.64. The number of hydrogen-bond donors (Lipinski definition) is 3. The van der Waals surface area contributed by atoms with E-state index in [0.717, 1.165) is 12.8 Å². The van der Waals surface area contributed by atoms with Gasteiger partial charge < -0.3 is 20.5 Å². The van der Waals surface area contributed by atoms with Gasteiger partial charge in [0.15, 0.2) is 0 Å². The van der Waals surface area contributed by atoms with Gasteiger partial charge in [-0.3, -0.25) is 9.59 Å². The second-order valence-corrected chi connectivity index (χ2v) is 10.4. The van der Waals surface area contributed by atoms with Crippen LogP contribution in [0, 0.1) is 17.3 Å². The van der Waals surface area contributed by atoms with Gasteiger partial charge in [0.05, 0.1) is 5.41 Å². The number of carboxylic acid groups (broad SMARTS) is 1. The van der Waals surface area contributed by atoms with Gasteiger partial charge >= 0.3 is 12.1 Å². The molecule has 2 aromatic rings. The van der Waals surface area contributed by atoms with Crippen LogP contribution in [0.25, 0.3) is 11.1 Å². The summed E-state index contributed by atoms with van der Waals surface area (Å²) in [5.41, 5.74) is 4.15. The summed E-state index contributed by atoms with van der Waals surface area (Å²) in [5, 5.41) is 15.2. The highest BCUT2D eigenvalue weighted by Crippen LogP contribution is 2.63. The van der Waals surface area contributed by atoms with Gasteiger partial charge in [-0.25, -0.2) is 4.79 Å². The molecule has 0 heterocycles. The van der Waals surface area contributed by atoms with Gasteiger partial charge in [-0.15, -0.1) is 0 Å². The zero-order valence-corrected chi connectivity index (χ0v) is 20.0. The van der Waals surface area contributed by atoms with Crippen LogP contribution in [0.1, 0.15) is 56.1 Å². The Bertz CT molecular complexity index is 1100. The zero-order valence-electron chi connectivity index (χ0n) is 20.0. The van der Waals surface area contributed by atoms with Gasteiger partial charge in [0, 0.05) is 24.9 Å². The van der Waals surface area contributed by atoms with E-state index in [-0.39, 0.29) is 36.3 Å². The Morgan fingerprint density at radius 2 is 1.71 bits per heavy atom. The van der Waals surface area contributed by atoms with Crippen molar-refractivity contribution in [3.63, 3.8) is 0 Å². The van der Waals surface area contributed by atoms with Crippen molar-refractivity contribution in [2.75, 3.05) is 13.2 Å². The van der Waals surface area contributed by atoms with E-state index in [9.17, 15) is 19.5 Å². The van der Waals surface area contributed by atoms with Crippen molar-refractivity contribution in [3.05, 3.63) is 59.7 Å². The van der Waals surface area contributed by atoms with Crippen LogP contribution < -0.4 is 10.6 Å². The number of ether oxygens (including phenoxy) is 1. The van der Waals surface area contributed by atoms with E-state index in [4.69, 9.17) is 4.74 Å². The Labute approximate surface area is 205 Å². The van der Waals surface area contributed by atoms with Crippen LogP contribution in [0.15, 0.2) is 48.5 Å². The topological polar surface area (TPSA) is 105 Å². The molecule has 3 aliphatic rings. The number of carbonyl (C=O) groups is 3. The molecule has 3 aliphatic carbocycles. The first-order valence-corrected chi connectivity index (χ1v) is 12.5. The van der Waals surface area contributed by atoms with E-state index >= 15 is 0 Å². The van der Waals surface area contributed by atoms with Crippen molar-refractivity contribution in [1.82, 2.24) is 10.6 Å². The van der Waals surface area contributed by atoms with Crippen molar-refractivity contribution >= 4 is 18.0 Å². The molecule has 5 rings (SSSR count). The highest BCUT2D eigenvalue weighted by Gasteiger charge is 2.65. The Kier molecular flexibility index (Phi) is 6.26. The summed E-state index contributed by atoms with van der Waals surface area (Å²) in [6, 6.07) is 16.4. The Hall–Kier alpha value is -3.35. The van der Waals surface area contributed by atoms with Crippen LogP contribution in [0.3, 0.4) is 0 Å². The van der Waals surface area contributed by atoms with Crippen molar-refractivity contribution in [2.24, 2.45) is 17.3 Å². The molecule has 2 saturated carbocycles. The monoisotopic (exact) mass is 476 g/mol. The maximum atomic E-state index is 12.4. The summed E-state index contributed by atoms with van der Waals surface area (Å²) in [6.07, 6.45) is 2.60. The predicted octanol–water partition coefficient (Wildman–Crippen LogP) is 4.31. The smallest absolute Gasteiger partial charge is 0.407 e. The van der Waals surface area contributed by atoms with Crippen LogP contribution in [-0.2, 0) is 14.3 Å². The summed E-state index contributed by atoms with van der Waals surface area (Å²) in [7, 11) is 0. The van der Waals surface area contributed by atoms with E-state index in [1.165, 1.54) is 22.3 Å². The summed E-state index contributed by atoms with van der Waals surface area (Å²) in [4.78, 5) is 36.1. The molecular weight excluding hydrogens is 444 g/mol. The van der Waals surface area contributed by atoms with Crippen molar-refractivity contribution < 1.29 is 24.2 Å². The molecule has 4 atom stereocenters. The number of alkyl carbamates (subject to hydrolysis) is 1. The molecule has 3 N–H and O–H groups in total. The van der Waals surface area contributed by atoms with E-state index in [2.05, 4.69) is 34.9 Å². The molecule has 0 saturated heterocycles. The molecular formula is C28H32N2O5. The lowest BCUT2D eigenvalue weighted by atomic mass is 9.98. The average Bonchev–Trinajstić information content (AvgIpc) is 3.26.